The molecule has 176 valence electrons. The smallest absolute Gasteiger partial charge is 0.351 e. The highest BCUT2D eigenvalue weighted by atomic mass is 35.5. The molecule has 0 fully saturated rings. The first-order valence-electron chi connectivity index (χ1n) is 9.90. The number of thiazole rings is 1. The number of halogens is 4. The Morgan fingerprint density at radius 3 is 2.53 bits per heavy atom. The van der Waals surface area contributed by atoms with E-state index in [9.17, 15) is 18.0 Å². The summed E-state index contributed by atoms with van der Waals surface area (Å²) in [5.41, 5.74) is 1.45. The Morgan fingerprint density at radius 1 is 1.12 bits per heavy atom. The third-order valence-electron chi connectivity index (χ3n) is 4.83. The van der Waals surface area contributed by atoms with Crippen LogP contribution < -0.4 is 5.32 Å². The van der Waals surface area contributed by atoms with Crippen LogP contribution in [-0.2, 0) is 11.6 Å². The number of carbonyl (C=O) groups excluding carboxylic acids is 1. The van der Waals surface area contributed by atoms with Crippen LogP contribution in [-0.4, -0.2) is 32.6 Å². The number of carbonyl (C=O) groups is 1. The number of hydrogen-bond donors (Lipinski definition) is 1. The zero-order valence-electron chi connectivity index (χ0n) is 17.9. The van der Waals surface area contributed by atoms with Gasteiger partial charge >= 0.3 is 12.1 Å². The van der Waals surface area contributed by atoms with Crippen molar-refractivity contribution in [2.45, 2.75) is 25.4 Å². The van der Waals surface area contributed by atoms with Gasteiger partial charge in [-0.05, 0) is 24.3 Å². The minimum absolute atomic E-state index is 0.0151. The van der Waals surface area contributed by atoms with E-state index in [-0.39, 0.29) is 23.6 Å². The molecule has 1 amide bonds. The van der Waals surface area contributed by atoms with E-state index in [2.05, 4.69) is 25.0 Å². The van der Waals surface area contributed by atoms with Crippen LogP contribution in [0.1, 0.15) is 35.1 Å². The molecule has 0 saturated carbocycles. The van der Waals surface area contributed by atoms with Gasteiger partial charge in [0.15, 0.2) is 0 Å². The van der Waals surface area contributed by atoms with Crippen LogP contribution in [0, 0.1) is 0 Å². The van der Waals surface area contributed by atoms with Crippen molar-refractivity contribution in [2.24, 2.45) is 0 Å². The van der Waals surface area contributed by atoms with Gasteiger partial charge in [-0.3, -0.25) is 9.78 Å². The number of aromatic nitrogens is 4. The molecule has 34 heavy (non-hydrogen) atoms. The molecule has 3 aromatic heterocycles. The van der Waals surface area contributed by atoms with Gasteiger partial charge in [0.05, 0.1) is 5.69 Å². The maximum absolute atomic E-state index is 12.7. The molecule has 1 N–H and O–H groups in total. The molecule has 3 heterocycles. The number of pyridine rings is 1. The highest BCUT2D eigenvalue weighted by Gasteiger charge is 2.38. The number of hydrogen-bond acceptors (Lipinski definition) is 7. The molecule has 0 bridgehead atoms. The first-order chi connectivity index (χ1) is 16.0. The van der Waals surface area contributed by atoms with E-state index >= 15 is 0 Å². The lowest BCUT2D eigenvalue weighted by molar-refractivity contribution is -0.159. The van der Waals surface area contributed by atoms with E-state index in [1.165, 1.54) is 29.7 Å². The van der Waals surface area contributed by atoms with Crippen LogP contribution in [0.15, 0.2) is 52.5 Å². The van der Waals surface area contributed by atoms with Crippen LogP contribution in [0.4, 0.5) is 13.2 Å². The molecule has 0 saturated heterocycles. The van der Waals surface area contributed by atoms with E-state index in [4.69, 9.17) is 16.6 Å². The van der Waals surface area contributed by atoms with Crippen molar-refractivity contribution >= 4 is 28.8 Å². The van der Waals surface area contributed by atoms with Gasteiger partial charge in [0.25, 0.3) is 5.91 Å². The molecule has 0 aliphatic rings. The highest BCUT2D eigenvalue weighted by Crippen LogP contribution is 2.31. The lowest BCUT2D eigenvalue weighted by atomic mass is 9.94. The molecular formula is C22H17ClF3N5O2S. The highest BCUT2D eigenvalue weighted by molar-refractivity contribution is 7.10. The number of nitrogens with one attached hydrogen (secondary N) is 1. The summed E-state index contributed by atoms with van der Waals surface area (Å²) in [6.45, 7) is 4.18. The van der Waals surface area contributed by atoms with Crippen LogP contribution in [0.25, 0.3) is 22.8 Å². The Balaban J connectivity index is 1.45. The molecule has 0 spiro atoms. The van der Waals surface area contributed by atoms with Crippen molar-refractivity contribution < 1.29 is 22.5 Å². The first kappa shape index (κ1) is 23.8. The predicted octanol–water partition coefficient (Wildman–Crippen LogP) is 5.63. The monoisotopic (exact) mass is 507 g/mol. The average molecular weight is 508 g/mol. The largest absolute Gasteiger partial charge is 0.471 e. The molecule has 0 aliphatic carbocycles. The van der Waals surface area contributed by atoms with Crippen molar-refractivity contribution in [3.63, 3.8) is 0 Å². The molecule has 0 atom stereocenters. The maximum atomic E-state index is 12.7. The molecule has 0 radical (unpaired) electrons. The van der Waals surface area contributed by atoms with E-state index in [1.54, 1.807) is 12.1 Å². The van der Waals surface area contributed by atoms with Crippen LogP contribution in [0.2, 0.25) is 5.02 Å². The van der Waals surface area contributed by atoms with Gasteiger partial charge in [-0.15, -0.1) is 11.3 Å². The first-order valence-corrected chi connectivity index (χ1v) is 11.2. The van der Waals surface area contributed by atoms with E-state index < -0.39 is 23.4 Å². The molecule has 7 nitrogen and oxygen atoms in total. The summed E-state index contributed by atoms with van der Waals surface area (Å²) in [5.74, 6) is -2.27. The summed E-state index contributed by atoms with van der Waals surface area (Å²) in [5, 5.41) is 9.55. The fraction of sp³-hybridized carbons (Fsp3) is 0.227. The van der Waals surface area contributed by atoms with Gasteiger partial charge in [-0.1, -0.05) is 42.7 Å². The summed E-state index contributed by atoms with van der Waals surface area (Å²) >= 11 is 7.43. The van der Waals surface area contributed by atoms with Crippen molar-refractivity contribution in [1.29, 1.82) is 0 Å². The maximum Gasteiger partial charge on any atom is 0.471 e. The summed E-state index contributed by atoms with van der Waals surface area (Å²) in [4.78, 5) is 24.7. The lowest BCUT2D eigenvalue weighted by Crippen LogP contribution is -2.36. The lowest BCUT2D eigenvalue weighted by Gasteiger charge is -2.22. The Kier molecular flexibility index (Phi) is 6.41. The molecule has 4 aromatic rings. The second-order valence-corrected chi connectivity index (χ2v) is 9.26. The third-order valence-corrected chi connectivity index (χ3v) is 6.29. The Labute approximate surface area is 201 Å². The predicted molar refractivity (Wildman–Crippen MR) is 120 cm³/mol. The zero-order valence-corrected chi connectivity index (χ0v) is 19.4. The van der Waals surface area contributed by atoms with Crippen molar-refractivity contribution in [2.75, 3.05) is 6.54 Å². The minimum Gasteiger partial charge on any atom is -0.351 e. The fourth-order valence-electron chi connectivity index (χ4n) is 2.95. The van der Waals surface area contributed by atoms with Crippen molar-refractivity contribution in [1.82, 2.24) is 25.4 Å². The summed E-state index contributed by atoms with van der Waals surface area (Å²) in [7, 11) is 0. The summed E-state index contributed by atoms with van der Waals surface area (Å²) in [6.07, 6.45) is -3.48. The van der Waals surface area contributed by atoms with Gasteiger partial charge in [0.2, 0.25) is 5.82 Å². The van der Waals surface area contributed by atoms with Crippen LogP contribution >= 0.6 is 22.9 Å². The van der Waals surface area contributed by atoms with Crippen LogP contribution in [0.3, 0.4) is 0 Å². The van der Waals surface area contributed by atoms with Gasteiger partial charge in [0.1, 0.15) is 10.7 Å². The van der Waals surface area contributed by atoms with Gasteiger partial charge in [-0.25, -0.2) is 4.98 Å². The normalized spacial score (nSPS) is 12.1. The topological polar surface area (TPSA) is 93.8 Å². The average Bonchev–Trinajstić information content (AvgIpc) is 3.49. The molecule has 12 heteroatoms. The van der Waals surface area contributed by atoms with Crippen molar-refractivity contribution in [3.8, 4) is 22.8 Å². The molecule has 1 aromatic carbocycles. The Morgan fingerprint density at radius 2 is 1.85 bits per heavy atom. The Hall–Kier alpha value is -3.31. The number of amides is 1. The summed E-state index contributed by atoms with van der Waals surface area (Å²) in [6, 6.07) is 10.1. The number of rotatable bonds is 6. The van der Waals surface area contributed by atoms with E-state index in [0.29, 0.717) is 5.02 Å². The standard InChI is InChI=1S/C22H17ClF3N5O2S/c1-21(2,20-29-16(10-34-20)12-3-5-14(23)6-4-12)11-28-18(32)13-7-8-27-15(9-13)17-30-19(33-31-17)22(24,25)26/h3-10H,11H2,1-2H3,(H,28,32). The fourth-order valence-corrected chi connectivity index (χ4v) is 4.03. The third kappa shape index (κ3) is 5.26. The Bertz CT molecular complexity index is 1320. The number of nitrogens with zero attached hydrogens (tertiary/aromatic N) is 4. The van der Waals surface area contributed by atoms with Crippen molar-refractivity contribution in [3.05, 3.63) is 69.5 Å². The molecular weight excluding hydrogens is 491 g/mol. The van der Waals surface area contributed by atoms with Gasteiger partial charge in [0, 0.05) is 39.7 Å². The molecule has 0 aliphatic heterocycles. The zero-order chi connectivity index (χ0) is 24.5. The summed E-state index contributed by atoms with van der Waals surface area (Å²) < 4.78 is 42.3. The van der Waals surface area contributed by atoms with Gasteiger partial charge < -0.3 is 9.84 Å². The second kappa shape index (κ2) is 9.15. The van der Waals surface area contributed by atoms with E-state index in [1.807, 2.05) is 31.4 Å². The number of alkyl halides is 3. The van der Waals surface area contributed by atoms with E-state index in [0.717, 1.165) is 16.3 Å². The molecule has 0 unspecified atom stereocenters. The second-order valence-electron chi connectivity index (χ2n) is 7.96. The minimum atomic E-state index is -4.77. The van der Waals surface area contributed by atoms with Crippen LogP contribution in [0.5, 0.6) is 0 Å². The van der Waals surface area contributed by atoms with Gasteiger partial charge in [-0.2, -0.15) is 18.2 Å². The SMILES string of the molecule is CC(C)(CNC(=O)c1ccnc(-c2noc(C(F)(F)F)n2)c1)c1nc(-c2ccc(Cl)cc2)cs1. The molecule has 4 rings (SSSR count). The quantitative estimate of drug-likeness (QED) is 0.363. The number of benzene rings is 1.